The average molecular weight is 329 g/mol. The number of halogens is 4. The van der Waals surface area contributed by atoms with Crippen LogP contribution >= 0.6 is 24.8 Å². The fourth-order valence-electron chi connectivity index (χ4n) is 3.15. The van der Waals surface area contributed by atoms with Crippen LogP contribution in [-0.4, -0.2) is 40.6 Å². The molecule has 0 saturated carbocycles. The van der Waals surface area contributed by atoms with Gasteiger partial charge in [-0.1, -0.05) is 0 Å². The quantitative estimate of drug-likeness (QED) is 0.924. The number of hydrogen-bond donors (Lipinski definition) is 1. The lowest BCUT2D eigenvalue weighted by molar-refractivity contribution is 0.0642. The zero-order chi connectivity index (χ0) is 12.6. The molecule has 2 saturated heterocycles. The van der Waals surface area contributed by atoms with Gasteiger partial charge in [-0.15, -0.1) is 24.8 Å². The number of nitrogens with zero attached hydrogens (tertiary/aromatic N) is 3. The van der Waals surface area contributed by atoms with E-state index in [1.165, 1.54) is 18.8 Å². The number of alkyl halides is 2. The van der Waals surface area contributed by atoms with Gasteiger partial charge in [0.1, 0.15) is 5.82 Å². The summed E-state index contributed by atoms with van der Waals surface area (Å²) in [7, 11) is 0. The molecule has 1 atom stereocenters. The molecule has 20 heavy (non-hydrogen) atoms. The maximum atomic E-state index is 12.7. The summed E-state index contributed by atoms with van der Waals surface area (Å²) in [5.74, 6) is 0.466. The molecule has 3 rings (SSSR count). The van der Waals surface area contributed by atoms with Crippen LogP contribution in [0.25, 0.3) is 0 Å². The van der Waals surface area contributed by atoms with Crippen LogP contribution < -0.4 is 5.32 Å². The second-order valence-electron chi connectivity index (χ2n) is 5.42. The molecule has 2 aliphatic rings. The molecule has 0 aliphatic carbocycles. The Hall–Kier alpha value is -0.430. The van der Waals surface area contributed by atoms with Gasteiger partial charge in [0.2, 0.25) is 0 Å². The van der Waals surface area contributed by atoms with Crippen molar-refractivity contribution in [2.24, 2.45) is 5.41 Å². The van der Waals surface area contributed by atoms with E-state index in [1.807, 2.05) is 0 Å². The van der Waals surface area contributed by atoms with E-state index in [0.29, 0.717) is 17.8 Å². The minimum absolute atomic E-state index is 0. The number of aromatic nitrogens is 2. The smallest absolute Gasteiger partial charge is 0.316 e. The van der Waals surface area contributed by atoms with Crippen LogP contribution in [0, 0.1) is 5.41 Å². The van der Waals surface area contributed by atoms with Gasteiger partial charge in [-0.2, -0.15) is 8.78 Å². The zero-order valence-electron chi connectivity index (χ0n) is 11.1. The molecule has 116 valence electrons. The first-order valence-corrected chi connectivity index (χ1v) is 6.42. The molecule has 1 unspecified atom stereocenters. The molecule has 2 aliphatic heterocycles. The highest BCUT2D eigenvalue weighted by molar-refractivity contribution is 5.85. The van der Waals surface area contributed by atoms with Gasteiger partial charge in [0, 0.05) is 25.5 Å². The predicted octanol–water partition coefficient (Wildman–Crippen LogP) is 2.31. The third-order valence-corrected chi connectivity index (χ3v) is 4.17. The van der Waals surface area contributed by atoms with Crippen molar-refractivity contribution in [3.8, 4) is 0 Å². The SMILES string of the molecule is Cl.Cl.FC(F)n1ccnc1CN1CCC2(CCNC2)C1. The molecule has 0 amide bonds. The molecule has 0 bridgehead atoms. The summed E-state index contributed by atoms with van der Waals surface area (Å²) in [4.78, 5) is 6.29. The largest absolute Gasteiger partial charge is 0.319 e. The van der Waals surface area contributed by atoms with E-state index in [-0.39, 0.29) is 24.8 Å². The summed E-state index contributed by atoms with van der Waals surface area (Å²) >= 11 is 0. The highest BCUT2D eigenvalue weighted by atomic mass is 35.5. The second kappa shape index (κ2) is 7.02. The Kier molecular flexibility index (Phi) is 6.19. The third-order valence-electron chi connectivity index (χ3n) is 4.17. The van der Waals surface area contributed by atoms with Crippen molar-refractivity contribution in [2.45, 2.75) is 25.9 Å². The summed E-state index contributed by atoms with van der Waals surface area (Å²) in [6, 6.07) is 0. The van der Waals surface area contributed by atoms with E-state index in [0.717, 1.165) is 37.2 Å². The topological polar surface area (TPSA) is 33.1 Å². The van der Waals surface area contributed by atoms with Crippen LogP contribution in [-0.2, 0) is 6.54 Å². The average Bonchev–Trinajstić information content (AvgIpc) is 3.03. The van der Waals surface area contributed by atoms with Gasteiger partial charge in [-0.25, -0.2) is 4.98 Å². The van der Waals surface area contributed by atoms with Crippen molar-refractivity contribution >= 4 is 24.8 Å². The molecule has 0 aromatic carbocycles. The Bertz CT molecular complexity index is 421. The normalized spacial score (nSPS) is 25.9. The van der Waals surface area contributed by atoms with Gasteiger partial charge < -0.3 is 5.32 Å². The van der Waals surface area contributed by atoms with Crippen LogP contribution in [0.5, 0.6) is 0 Å². The second-order valence-corrected chi connectivity index (χ2v) is 5.42. The zero-order valence-corrected chi connectivity index (χ0v) is 12.7. The van der Waals surface area contributed by atoms with Crippen molar-refractivity contribution in [3.05, 3.63) is 18.2 Å². The van der Waals surface area contributed by atoms with E-state index in [2.05, 4.69) is 15.2 Å². The van der Waals surface area contributed by atoms with E-state index < -0.39 is 6.55 Å². The molecule has 0 radical (unpaired) electrons. The monoisotopic (exact) mass is 328 g/mol. The lowest BCUT2D eigenvalue weighted by Gasteiger charge is -2.22. The van der Waals surface area contributed by atoms with Crippen molar-refractivity contribution in [1.82, 2.24) is 19.8 Å². The van der Waals surface area contributed by atoms with E-state index in [9.17, 15) is 8.78 Å². The van der Waals surface area contributed by atoms with Crippen molar-refractivity contribution in [1.29, 1.82) is 0 Å². The number of rotatable bonds is 3. The van der Waals surface area contributed by atoms with E-state index >= 15 is 0 Å². The molecule has 4 nitrogen and oxygen atoms in total. The number of likely N-dealkylation sites (tertiary alicyclic amines) is 1. The summed E-state index contributed by atoms with van der Waals surface area (Å²) < 4.78 is 26.4. The Morgan fingerprint density at radius 1 is 1.35 bits per heavy atom. The minimum atomic E-state index is -2.49. The molecule has 1 spiro atoms. The molecular weight excluding hydrogens is 309 g/mol. The first kappa shape index (κ1) is 17.6. The molecule has 2 fully saturated rings. The molecular formula is C12H20Cl2F2N4. The van der Waals surface area contributed by atoms with Crippen LogP contribution in [0.3, 0.4) is 0 Å². The number of nitrogens with one attached hydrogen (secondary N) is 1. The maximum absolute atomic E-state index is 12.7. The summed E-state index contributed by atoms with van der Waals surface area (Å²) in [6.07, 6.45) is 5.16. The Morgan fingerprint density at radius 2 is 2.15 bits per heavy atom. The van der Waals surface area contributed by atoms with Gasteiger partial charge in [0.15, 0.2) is 0 Å². The molecule has 3 heterocycles. The Morgan fingerprint density at radius 3 is 2.80 bits per heavy atom. The van der Waals surface area contributed by atoms with Crippen molar-refractivity contribution < 1.29 is 8.78 Å². The van der Waals surface area contributed by atoms with Crippen LogP contribution in [0.1, 0.15) is 25.2 Å². The molecule has 1 aromatic heterocycles. The van der Waals surface area contributed by atoms with Crippen LogP contribution in [0.15, 0.2) is 12.4 Å². The number of hydrogen-bond acceptors (Lipinski definition) is 3. The predicted molar refractivity (Wildman–Crippen MR) is 77.8 cm³/mol. The van der Waals surface area contributed by atoms with Gasteiger partial charge in [0.25, 0.3) is 0 Å². The van der Waals surface area contributed by atoms with Gasteiger partial charge in [0.05, 0.1) is 6.54 Å². The standard InChI is InChI=1S/C12H18F2N4.2ClH/c13-11(14)18-6-4-16-10(18)7-17-5-2-12(9-17)1-3-15-8-12;;/h4,6,11,15H,1-3,5,7-9H2;2*1H. The van der Waals surface area contributed by atoms with E-state index in [4.69, 9.17) is 0 Å². The minimum Gasteiger partial charge on any atom is -0.316 e. The third kappa shape index (κ3) is 3.42. The first-order chi connectivity index (χ1) is 8.69. The Labute approximate surface area is 129 Å². The highest BCUT2D eigenvalue weighted by Gasteiger charge is 2.40. The highest BCUT2D eigenvalue weighted by Crippen LogP contribution is 2.36. The van der Waals surface area contributed by atoms with Crippen LogP contribution in [0.2, 0.25) is 0 Å². The van der Waals surface area contributed by atoms with Gasteiger partial charge in [-0.3, -0.25) is 9.47 Å². The van der Waals surface area contributed by atoms with E-state index in [1.54, 1.807) is 0 Å². The lowest BCUT2D eigenvalue weighted by Crippen LogP contribution is -2.29. The molecule has 1 aromatic rings. The molecule has 8 heteroatoms. The first-order valence-electron chi connectivity index (χ1n) is 6.42. The number of imidazole rings is 1. The summed E-state index contributed by atoms with van der Waals surface area (Å²) in [6.45, 7) is 2.16. The lowest BCUT2D eigenvalue weighted by atomic mass is 9.87. The van der Waals surface area contributed by atoms with Gasteiger partial charge in [-0.05, 0) is 31.3 Å². The Balaban J connectivity index is 0.000001000. The maximum Gasteiger partial charge on any atom is 0.319 e. The van der Waals surface area contributed by atoms with Crippen LogP contribution in [0.4, 0.5) is 8.78 Å². The van der Waals surface area contributed by atoms with Gasteiger partial charge >= 0.3 is 6.55 Å². The summed E-state index contributed by atoms with van der Waals surface area (Å²) in [5.41, 5.74) is 0.377. The van der Waals surface area contributed by atoms with Crippen molar-refractivity contribution in [2.75, 3.05) is 26.2 Å². The fraction of sp³-hybridized carbons (Fsp3) is 0.750. The molecule has 1 N–H and O–H groups in total. The summed E-state index contributed by atoms with van der Waals surface area (Å²) in [5, 5.41) is 3.40. The fourth-order valence-corrected chi connectivity index (χ4v) is 3.15. The van der Waals surface area contributed by atoms with Crippen molar-refractivity contribution in [3.63, 3.8) is 0 Å².